The summed E-state index contributed by atoms with van der Waals surface area (Å²) in [4.78, 5) is 41.8. The first-order valence-electron chi connectivity index (χ1n) is 14.3. The van der Waals surface area contributed by atoms with Gasteiger partial charge in [0.25, 0.3) is 5.56 Å². The number of hydrogen-bond donors (Lipinski definition) is 3. The van der Waals surface area contributed by atoms with Gasteiger partial charge in [0, 0.05) is 17.6 Å². The van der Waals surface area contributed by atoms with E-state index in [1.54, 1.807) is 12.1 Å². The summed E-state index contributed by atoms with van der Waals surface area (Å²) >= 11 is 9.12. The normalized spacial score (nSPS) is 22.3. The highest BCUT2D eigenvalue weighted by molar-refractivity contribution is 9.11. The monoisotopic (exact) mass is 723 g/mol. The van der Waals surface area contributed by atoms with Crippen LogP contribution >= 0.6 is 35.3 Å². The summed E-state index contributed by atoms with van der Waals surface area (Å²) in [6.07, 6.45) is 1.71. The first-order valence-corrected chi connectivity index (χ1v) is 17.1. The van der Waals surface area contributed by atoms with Crippen LogP contribution in [-0.4, -0.2) is 45.0 Å². The number of nitrogens with zero attached hydrogens (tertiary/aromatic N) is 1. The second-order valence-corrected chi connectivity index (χ2v) is 13.4. The Morgan fingerprint density at radius 3 is 2.58 bits per heavy atom. The van der Waals surface area contributed by atoms with Crippen molar-refractivity contribution in [2.45, 2.75) is 62.7 Å². The number of carbonyl (C=O) groups excluding carboxylic acids is 1. The van der Waals surface area contributed by atoms with E-state index in [0.29, 0.717) is 30.7 Å². The zero-order valence-electron chi connectivity index (χ0n) is 24.0. The lowest BCUT2D eigenvalue weighted by molar-refractivity contribution is -0.152. The van der Waals surface area contributed by atoms with Gasteiger partial charge in [-0.2, -0.15) is 5.09 Å². The Morgan fingerprint density at radius 1 is 1.18 bits per heavy atom. The van der Waals surface area contributed by atoms with Gasteiger partial charge in [-0.25, -0.2) is 9.36 Å². The average molecular weight is 725 g/mol. The molecule has 2 aliphatic rings. The van der Waals surface area contributed by atoms with Crippen molar-refractivity contribution in [1.82, 2.24) is 14.6 Å². The van der Waals surface area contributed by atoms with Gasteiger partial charge in [-0.3, -0.25) is 23.7 Å². The molecule has 0 radical (unpaired) electrons. The molecule has 0 amide bonds. The lowest BCUT2D eigenvalue weighted by atomic mass is 10.00. The number of esters is 1. The van der Waals surface area contributed by atoms with E-state index in [4.69, 9.17) is 30.1 Å². The molecule has 3 aromatic rings. The Labute approximate surface area is 272 Å². The second kappa shape index (κ2) is 14.6. The van der Waals surface area contributed by atoms with E-state index < -0.39 is 55.5 Å². The number of ether oxygens (including phenoxy) is 2. The molecule has 12 nitrogen and oxygen atoms in total. The van der Waals surface area contributed by atoms with Gasteiger partial charge in [-0.15, -0.1) is 0 Å². The summed E-state index contributed by atoms with van der Waals surface area (Å²) in [5.41, 5.74) is -1.66. The summed E-state index contributed by atoms with van der Waals surface area (Å²) in [6, 6.07) is 15.3. The van der Waals surface area contributed by atoms with Crippen LogP contribution in [-0.2, 0) is 30.0 Å². The predicted octanol–water partition coefficient (Wildman–Crippen LogP) is 5.05. The van der Waals surface area contributed by atoms with E-state index >= 15 is 0 Å². The SMILES string of the molecule is O=C(OCc1ccccc1)C1(NP(=O)(OC[C@H]2O[C@@H](n3cc(/C=C/Br)c(=O)[nH]c3=O)CC2O)Oc2ccc(Cl)cc2)CCCC1. The minimum absolute atomic E-state index is 0.0109. The summed E-state index contributed by atoms with van der Waals surface area (Å²) in [5, 5.41) is 14.1. The topological polar surface area (TPSA) is 158 Å². The van der Waals surface area contributed by atoms with Crippen LogP contribution in [0.5, 0.6) is 5.75 Å². The van der Waals surface area contributed by atoms with Gasteiger partial charge in [0.2, 0.25) is 0 Å². The number of aromatic nitrogens is 2. The highest BCUT2D eigenvalue weighted by atomic mass is 79.9. The Balaban J connectivity index is 1.35. The summed E-state index contributed by atoms with van der Waals surface area (Å²) in [6.45, 7) is -0.385. The molecule has 1 aromatic heterocycles. The van der Waals surface area contributed by atoms with Crippen LogP contribution < -0.4 is 20.9 Å². The highest BCUT2D eigenvalue weighted by Crippen LogP contribution is 2.50. The smallest absolute Gasteiger partial charge is 0.459 e. The maximum absolute atomic E-state index is 14.4. The zero-order chi connectivity index (χ0) is 32.0. The molecule has 2 unspecified atom stereocenters. The number of H-pyrrole nitrogens is 1. The molecule has 5 rings (SSSR count). The lowest BCUT2D eigenvalue weighted by Gasteiger charge is -2.32. The summed E-state index contributed by atoms with van der Waals surface area (Å²) < 4.78 is 38.8. The van der Waals surface area contributed by atoms with E-state index in [1.165, 1.54) is 29.4 Å². The van der Waals surface area contributed by atoms with Gasteiger partial charge in [-0.1, -0.05) is 70.7 Å². The Bertz CT molecular complexity index is 1680. The number of aromatic amines is 1. The van der Waals surface area contributed by atoms with Crippen LogP contribution in [0.2, 0.25) is 5.02 Å². The number of halogens is 2. The van der Waals surface area contributed by atoms with Gasteiger partial charge >= 0.3 is 19.4 Å². The molecule has 4 atom stereocenters. The zero-order valence-corrected chi connectivity index (χ0v) is 27.2. The average Bonchev–Trinajstić information content (AvgIpc) is 3.65. The molecule has 3 N–H and O–H groups in total. The van der Waals surface area contributed by atoms with Crippen molar-refractivity contribution in [3.05, 3.63) is 103 Å². The van der Waals surface area contributed by atoms with Crippen LogP contribution in [0.15, 0.2) is 75.4 Å². The molecule has 1 saturated carbocycles. The van der Waals surface area contributed by atoms with Gasteiger partial charge < -0.3 is 19.1 Å². The third-order valence-electron chi connectivity index (χ3n) is 7.61. The fraction of sp³-hybridized carbons (Fsp3) is 0.367. The van der Waals surface area contributed by atoms with Crippen molar-refractivity contribution in [3.8, 4) is 5.75 Å². The largest absolute Gasteiger partial charge is 0.459 e. The first kappa shape index (κ1) is 33.3. The number of aliphatic hydroxyl groups is 1. The molecule has 0 spiro atoms. The fourth-order valence-electron chi connectivity index (χ4n) is 5.29. The molecule has 2 fully saturated rings. The van der Waals surface area contributed by atoms with Gasteiger partial charge in [0.15, 0.2) is 0 Å². The van der Waals surface area contributed by atoms with Crippen LogP contribution in [0.25, 0.3) is 6.08 Å². The van der Waals surface area contributed by atoms with E-state index in [-0.39, 0.29) is 24.3 Å². The number of nitrogens with one attached hydrogen (secondary N) is 2. The van der Waals surface area contributed by atoms with E-state index in [1.807, 2.05) is 30.3 Å². The van der Waals surface area contributed by atoms with E-state index in [2.05, 4.69) is 26.0 Å². The van der Waals surface area contributed by atoms with Crippen LogP contribution in [0, 0.1) is 0 Å². The molecule has 1 aliphatic heterocycles. The fourth-order valence-corrected chi connectivity index (χ4v) is 7.44. The minimum Gasteiger partial charge on any atom is -0.459 e. The van der Waals surface area contributed by atoms with Crippen molar-refractivity contribution in [1.29, 1.82) is 0 Å². The van der Waals surface area contributed by atoms with Crippen LogP contribution in [0.3, 0.4) is 0 Å². The molecule has 2 aromatic carbocycles. The standard InChI is InChI=1S/C30H32BrClN3O9P/c31-15-12-21-17-35(29(39)33-27(21)37)26-16-24(36)25(43-26)19-42-45(40,44-23-10-8-22(32)9-11-23)34-30(13-4-5-14-30)28(38)41-18-20-6-2-1-3-7-20/h1-3,6-12,15,17,24-26,36H,4-5,13-14,16,18-19H2,(H,34,40)(H,33,37,39)/b15-12+/t24?,25-,26-,45?/m1/s1. The van der Waals surface area contributed by atoms with Gasteiger partial charge in [0.05, 0.1) is 18.3 Å². The summed E-state index contributed by atoms with van der Waals surface area (Å²) in [5.74, 6) is -0.422. The minimum atomic E-state index is -4.34. The van der Waals surface area contributed by atoms with Gasteiger partial charge in [-0.05, 0) is 53.7 Å². The molecule has 1 saturated heterocycles. The highest BCUT2D eigenvalue weighted by Gasteiger charge is 2.50. The Morgan fingerprint density at radius 2 is 1.89 bits per heavy atom. The van der Waals surface area contributed by atoms with Crippen molar-refractivity contribution < 1.29 is 33.0 Å². The van der Waals surface area contributed by atoms with E-state index in [9.17, 15) is 24.1 Å². The first-order chi connectivity index (χ1) is 21.6. The molecular weight excluding hydrogens is 693 g/mol. The lowest BCUT2D eigenvalue weighted by Crippen LogP contribution is -2.50. The summed E-state index contributed by atoms with van der Waals surface area (Å²) in [7, 11) is -4.34. The van der Waals surface area contributed by atoms with Crippen molar-refractivity contribution in [2.75, 3.05) is 6.61 Å². The Hall–Kier alpha value is -3.03. The molecule has 15 heteroatoms. The maximum Gasteiger partial charge on any atom is 0.459 e. The van der Waals surface area contributed by atoms with Crippen LogP contribution in [0.1, 0.15) is 49.5 Å². The van der Waals surface area contributed by atoms with Crippen LogP contribution in [0.4, 0.5) is 0 Å². The number of carbonyl (C=O) groups is 1. The maximum atomic E-state index is 14.4. The third-order valence-corrected chi connectivity index (χ3v) is 9.77. The molecule has 45 heavy (non-hydrogen) atoms. The molecule has 2 heterocycles. The predicted molar refractivity (Wildman–Crippen MR) is 170 cm³/mol. The molecule has 1 aliphatic carbocycles. The number of benzene rings is 2. The molecular formula is C30H32BrClN3O9P. The van der Waals surface area contributed by atoms with Crippen molar-refractivity contribution in [3.63, 3.8) is 0 Å². The number of rotatable bonds is 12. The molecule has 240 valence electrons. The van der Waals surface area contributed by atoms with E-state index in [0.717, 1.165) is 10.1 Å². The third kappa shape index (κ3) is 8.23. The van der Waals surface area contributed by atoms with Crippen molar-refractivity contribution in [2.24, 2.45) is 0 Å². The van der Waals surface area contributed by atoms with Crippen molar-refractivity contribution >= 4 is 47.3 Å². The Kier molecular flexibility index (Phi) is 10.8. The van der Waals surface area contributed by atoms with Gasteiger partial charge in [0.1, 0.15) is 30.2 Å². The molecule has 0 bridgehead atoms. The number of aliphatic hydroxyl groups excluding tert-OH is 1. The second-order valence-electron chi connectivity index (χ2n) is 10.8. The number of hydrogen-bond acceptors (Lipinski definition) is 9. The quantitative estimate of drug-likeness (QED) is 0.171.